The quantitative estimate of drug-likeness (QED) is 0.778. The number of nitrogen functional groups attached to an aromatic ring is 1. The minimum Gasteiger partial charge on any atom is -0.398 e. The number of rotatable bonds is 2. The maximum absolute atomic E-state index is 12.2. The number of hydrogen-bond acceptors (Lipinski definition) is 4. The Kier molecular flexibility index (Phi) is 3.31. The summed E-state index contributed by atoms with van der Waals surface area (Å²) < 4.78 is 25.7. The van der Waals surface area contributed by atoms with Gasteiger partial charge in [0.25, 0.3) is 0 Å². The van der Waals surface area contributed by atoms with Crippen molar-refractivity contribution in [3.63, 3.8) is 0 Å². The highest BCUT2D eigenvalue weighted by Gasteiger charge is 2.32. The monoisotopic (exact) mass is 276 g/mol. The highest BCUT2D eigenvalue weighted by Crippen LogP contribution is 2.27. The van der Waals surface area contributed by atoms with E-state index < -0.39 is 16.1 Å². The fourth-order valence-corrected chi connectivity index (χ4v) is 3.67. The first-order valence-electron chi connectivity index (χ1n) is 5.14. The molecule has 1 saturated heterocycles. The fraction of sp³-hybridized carbons (Fsp3) is 0.400. The normalized spacial score (nSPS) is 21.9. The molecule has 0 spiro atoms. The molecule has 1 atom stereocenters. The van der Waals surface area contributed by atoms with Crippen molar-refractivity contribution in [1.29, 1.82) is 0 Å². The zero-order valence-electron chi connectivity index (χ0n) is 9.01. The SMILES string of the molecule is Nc1ccc(Cl)cc1S(=O)(=O)N1CCC(O)C1. The molecule has 0 saturated carbocycles. The Morgan fingerprint density at radius 3 is 2.76 bits per heavy atom. The predicted molar refractivity (Wildman–Crippen MR) is 65.2 cm³/mol. The van der Waals surface area contributed by atoms with Crippen LogP contribution in [0.1, 0.15) is 6.42 Å². The molecule has 1 unspecified atom stereocenters. The molecule has 17 heavy (non-hydrogen) atoms. The molecule has 1 fully saturated rings. The summed E-state index contributed by atoms with van der Waals surface area (Å²) in [5, 5.41) is 9.69. The molecule has 5 nitrogen and oxygen atoms in total. The second-order valence-electron chi connectivity index (χ2n) is 3.99. The summed E-state index contributed by atoms with van der Waals surface area (Å²) in [6.45, 7) is 0.406. The number of β-amino-alcohol motifs (C(OH)–C–C–N with tert-alkyl or cyclic N) is 1. The molecular formula is C10H13ClN2O3S. The van der Waals surface area contributed by atoms with Crippen LogP contribution in [0.4, 0.5) is 5.69 Å². The van der Waals surface area contributed by atoms with E-state index in [0.717, 1.165) is 0 Å². The van der Waals surface area contributed by atoms with Crippen molar-refractivity contribution < 1.29 is 13.5 Å². The van der Waals surface area contributed by atoms with Gasteiger partial charge in [0.05, 0.1) is 11.8 Å². The Bertz CT molecular complexity index is 532. The molecule has 0 radical (unpaired) electrons. The summed E-state index contributed by atoms with van der Waals surface area (Å²) >= 11 is 5.77. The summed E-state index contributed by atoms with van der Waals surface area (Å²) in [7, 11) is -3.66. The molecule has 94 valence electrons. The minimum absolute atomic E-state index is 0.000833. The van der Waals surface area contributed by atoms with Gasteiger partial charge in [-0.3, -0.25) is 0 Å². The Labute approximate surface area is 105 Å². The zero-order valence-corrected chi connectivity index (χ0v) is 10.6. The largest absolute Gasteiger partial charge is 0.398 e. The van der Waals surface area contributed by atoms with Crippen molar-refractivity contribution in [2.75, 3.05) is 18.8 Å². The summed E-state index contributed by atoms with van der Waals surface area (Å²) in [6, 6.07) is 4.33. The van der Waals surface area contributed by atoms with Crippen molar-refractivity contribution in [3.8, 4) is 0 Å². The lowest BCUT2D eigenvalue weighted by atomic mass is 10.3. The molecule has 0 aliphatic carbocycles. The first-order valence-corrected chi connectivity index (χ1v) is 6.96. The first kappa shape index (κ1) is 12.6. The average Bonchev–Trinajstić information content (AvgIpc) is 2.69. The molecule has 1 aromatic rings. The van der Waals surface area contributed by atoms with Crippen molar-refractivity contribution in [2.45, 2.75) is 17.4 Å². The zero-order chi connectivity index (χ0) is 12.6. The molecule has 0 bridgehead atoms. The van der Waals surface area contributed by atoms with Crippen LogP contribution in [0, 0.1) is 0 Å². The molecular weight excluding hydrogens is 264 g/mol. The number of aliphatic hydroxyl groups excluding tert-OH is 1. The van der Waals surface area contributed by atoms with E-state index in [1.165, 1.54) is 22.5 Å². The van der Waals surface area contributed by atoms with Gasteiger partial charge in [-0.25, -0.2) is 8.42 Å². The average molecular weight is 277 g/mol. The molecule has 1 aliphatic heterocycles. The van der Waals surface area contributed by atoms with Gasteiger partial charge < -0.3 is 10.8 Å². The van der Waals surface area contributed by atoms with Crippen molar-refractivity contribution in [2.24, 2.45) is 0 Å². The van der Waals surface area contributed by atoms with Gasteiger partial charge in [0.2, 0.25) is 10.0 Å². The third-order valence-corrected chi connectivity index (χ3v) is 4.88. The van der Waals surface area contributed by atoms with Gasteiger partial charge in [-0.15, -0.1) is 0 Å². The number of nitrogens with zero attached hydrogens (tertiary/aromatic N) is 1. The Morgan fingerprint density at radius 1 is 1.47 bits per heavy atom. The Balaban J connectivity index is 2.41. The van der Waals surface area contributed by atoms with Crippen LogP contribution in [0.5, 0.6) is 0 Å². The van der Waals surface area contributed by atoms with E-state index in [4.69, 9.17) is 17.3 Å². The number of benzene rings is 1. The van der Waals surface area contributed by atoms with Gasteiger partial charge in [-0.05, 0) is 24.6 Å². The molecule has 1 aromatic carbocycles. The molecule has 3 N–H and O–H groups in total. The highest BCUT2D eigenvalue weighted by atomic mass is 35.5. The van der Waals surface area contributed by atoms with E-state index >= 15 is 0 Å². The second kappa shape index (κ2) is 4.45. The minimum atomic E-state index is -3.66. The molecule has 2 rings (SSSR count). The standard InChI is InChI=1S/C10H13ClN2O3S/c11-7-1-2-9(12)10(5-7)17(15,16)13-4-3-8(14)6-13/h1-2,5,8,14H,3-4,6,12H2. The molecule has 1 aliphatic rings. The van der Waals surface area contributed by atoms with Crippen LogP contribution in [-0.4, -0.2) is 37.0 Å². The van der Waals surface area contributed by atoms with Gasteiger partial charge >= 0.3 is 0 Å². The van der Waals surface area contributed by atoms with Gasteiger partial charge in [0.1, 0.15) is 4.90 Å². The molecule has 1 heterocycles. The van der Waals surface area contributed by atoms with Crippen LogP contribution in [-0.2, 0) is 10.0 Å². The van der Waals surface area contributed by atoms with Crippen LogP contribution in [0.25, 0.3) is 0 Å². The number of sulfonamides is 1. The van der Waals surface area contributed by atoms with Crippen LogP contribution < -0.4 is 5.73 Å². The van der Waals surface area contributed by atoms with E-state index in [-0.39, 0.29) is 17.1 Å². The van der Waals surface area contributed by atoms with E-state index in [0.29, 0.717) is 18.0 Å². The second-order valence-corrected chi connectivity index (χ2v) is 6.33. The predicted octanol–water partition coefficient (Wildman–Crippen LogP) is 0.678. The molecule has 0 aromatic heterocycles. The lowest BCUT2D eigenvalue weighted by Gasteiger charge is -2.17. The van der Waals surface area contributed by atoms with Gasteiger partial charge in [0.15, 0.2) is 0 Å². The smallest absolute Gasteiger partial charge is 0.245 e. The maximum atomic E-state index is 12.2. The van der Waals surface area contributed by atoms with Crippen molar-refractivity contribution in [1.82, 2.24) is 4.31 Å². The third-order valence-electron chi connectivity index (χ3n) is 2.72. The Morgan fingerprint density at radius 2 is 2.18 bits per heavy atom. The fourth-order valence-electron chi connectivity index (χ4n) is 1.80. The number of aliphatic hydroxyl groups is 1. The van der Waals surface area contributed by atoms with Crippen LogP contribution in [0.3, 0.4) is 0 Å². The lowest BCUT2D eigenvalue weighted by Crippen LogP contribution is -2.30. The summed E-state index contributed by atoms with van der Waals surface area (Å²) in [4.78, 5) is -0.000833. The maximum Gasteiger partial charge on any atom is 0.245 e. The number of anilines is 1. The molecule has 0 amide bonds. The molecule has 7 heteroatoms. The van der Waals surface area contributed by atoms with Crippen LogP contribution >= 0.6 is 11.6 Å². The number of nitrogens with two attached hydrogens (primary N) is 1. The van der Waals surface area contributed by atoms with Gasteiger partial charge in [0, 0.05) is 18.1 Å². The van der Waals surface area contributed by atoms with Crippen molar-refractivity contribution >= 4 is 27.3 Å². The highest BCUT2D eigenvalue weighted by molar-refractivity contribution is 7.89. The lowest BCUT2D eigenvalue weighted by molar-refractivity contribution is 0.189. The van der Waals surface area contributed by atoms with E-state index in [9.17, 15) is 13.5 Å². The van der Waals surface area contributed by atoms with Crippen LogP contribution in [0.2, 0.25) is 5.02 Å². The summed E-state index contributed by atoms with van der Waals surface area (Å²) in [5.41, 5.74) is 5.81. The van der Waals surface area contributed by atoms with Gasteiger partial charge in [-0.2, -0.15) is 4.31 Å². The van der Waals surface area contributed by atoms with Crippen LogP contribution in [0.15, 0.2) is 23.1 Å². The summed E-state index contributed by atoms with van der Waals surface area (Å²) in [5.74, 6) is 0. The van der Waals surface area contributed by atoms with E-state index in [1.54, 1.807) is 0 Å². The number of halogens is 1. The third kappa shape index (κ3) is 2.40. The first-order chi connectivity index (χ1) is 7.91. The van der Waals surface area contributed by atoms with E-state index in [2.05, 4.69) is 0 Å². The van der Waals surface area contributed by atoms with Crippen molar-refractivity contribution in [3.05, 3.63) is 23.2 Å². The number of hydrogen-bond donors (Lipinski definition) is 2. The topological polar surface area (TPSA) is 83.6 Å². The van der Waals surface area contributed by atoms with E-state index in [1.807, 2.05) is 0 Å². The van der Waals surface area contributed by atoms with Gasteiger partial charge in [-0.1, -0.05) is 11.6 Å². The Hall–Kier alpha value is -0.820. The summed E-state index contributed by atoms with van der Waals surface area (Å²) in [6.07, 6.45) is -0.162.